The fraction of sp³-hybridized carbons (Fsp3) is 0.333. The first kappa shape index (κ1) is 26.6. The van der Waals surface area contributed by atoms with Crippen LogP contribution < -0.4 is 20.3 Å². The third-order valence-electron chi connectivity index (χ3n) is 7.60. The third-order valence-corrected chi connectivity index (χ3v) is 7.60. The molecule has 2 fully saturated rings. The van der Waals surface area contributed by atoms with Crippen LogP contribution in [0.5, 0.6) is 5.75 Å². The van der Waals surface area contributed by atoms with Crippen LogP contribution in [0, 0.1) is 0 Å². The zero-order valence-corrected chi connectivity index (χ0v) is 21.8. The van der Waals surface area contributed by atoms with Gasteiger partial charge in [-0.2, -0.15) is 8.78 Å². The second-order valence-electron chi connectivity index (χ2n) is 10.1. The summed E-state index contributed by atoms with van der Waals surface area (Å²) >= 11 is 0. The lowest BCUT2D eigenvalue weighted by Gasteiger charge is -2.43. The standard InChI is InChI=1S/C30H32F2N4O3/c1-35-17-19-36(20-18-35)24-13-7-21(8-14-24)27(37)33-23-11-9-22(10-12-23)30(15-4-16-30)34-28(38)25-5-2-3-6-26(25)39-29(31)32/h2-3,5-14,29H,4,15-20H2,1H3,(H,33,37)(H,34,38). The molecule has 2 N–H and O–H groups in total. The van der Waals surface area contributed by atoms with E-state index in [-0.39, 0.29) is 17.2 Å². The number of nitrogens with one attached hydrogen (secondary N) is 2. The number of rotatable bonds is 8. The van der Waals surface area contributed by atoms with Crippen molar-refractivity contribution in [3.05, 3.63) is 89.5 Å². The number of nitrogens with zero attached hydrogens (tertiary/aromatic N) is 2. The van der Waals surface area contributed by atoms with Gasteiger partial charge in [0.25, 0.3) is 11.8 Å². The molecule has 1 aliphatic heterocycles. The maximum Gasteiger partial charge on any atom is 0.387 e. The summed E-state index contributed by atoms with van der Waals surface area (Å²) in [6.07, 6.45) is 2.38. The highest BCUT2D eigenvalue weighted by Gasteiger charge is 2.40. The second-order valence-corrected chi connectivity index (χ2v) is 10.1. The largest absolute Gasteiger partial charge is 0.434 e. The van der Waals surface area contributed by atoms with Gasteiger partial charge in [-0.15, -0.1) is 0 Å². The Bertz CT molecular complexity index is 1300. The highest BCUT2D eigenvalue weighted by Crippen LogP contribution is 2.42. The van der Waals surface area contributed by atoms with Crippen molar-refractivity contribution in [2.24, 2.45) is 0 Å². The van der Waals surface area contributed by atoms with Crippen LogP contribution in [0.4, 0.5) is 20.2 Å². The van der Waals surface area contributed by atoms with Crippen molar-refractivity contribution in [2.75, 3.05) is 43.4 Å². The van der Waals surface area contributed by atoms with Crippen molar-refractivity contribution in [3.63, 3.8) is 0 Å². The summed E-state index contributed by atoms with van der Waals surface area (Å²) in [5.74, 6) is -0.826. The van der Waals surface area contributed by atoms with Gasteiger partial charge in [-0.3, -0.25) is 9.59 Å². The summed E-state index contributed by atoms with van der Waals surface area (Å²) in [5.41, 5.74) is 2.68. The molecule has 0 unspecified atom stereocenters. The van der Waals surface area contributed by atoms with Gasteiger partial charge in [-0.05, 0) is 80.4 Å². The molecular weight excluding hydrogens is 502 g/mol. The van der Waals surface area contributed by atoms with Crippen molar-refractivity contribution in [2.45, 2.75) is 31.4 Å². The van der Waals surface area contributed by atoms with Crippen LogP contribution in [0.3, 0.4) is 0 Å². The van der Waals surface area contributed by atoms with Gasteiger partial charge in [-0.1, -0.05) is 24.3 Å². The minimum Gasteiger partial charge on any atom is -0.434 e. The lowest BCUT2D eigenvalue weighted by Crippen LogP contribution is -2.50. The van der Waals surface area contributed by atoms with Crippen LogP contribution in [-0.2, 0) is 5.54 Å². The monoisotopic (exact) mass is 534 g/mol. The van der Waals surface area contributed by atoms with E-state index in [1.54, 1.807) is 12.1 Å². The smallest absolute Gasteiger partial charge is 0.387 e. The SMILES string of the molecule is CN1CCN(c2ccc(C(=O)Nc3ccc(C4(NC(=O)c5ccccc5OC(F)F)CCC4)cc3)cc2)CC1. The van der Waals surface area contributed by atoms with Gasteiger partial charge < -0.3 is 25.2 Å². The summed E-state index contributed by atoms with van der Waals surface area (Å²) in [6, 6.07) is 21.0. The van der Waals surface area contributed by atoms with Gasteiger partial charge in [0.15, 0.2) is 0 Å². The number of benzene rings is 3. The molecular formula is C30H32F2N4O3. The number of hydrogen-bond acceptors (Lipinski definition) is 5. The predicted octanol–water partition coefficient (Wildman–Crippen LogP) is 5.10. The van der Waals surface area contributed by atoms with Gasteiger partial charge in [-0.25, -0.2) is 0 Å². The molecule has 0 bridgehead atoms. The molecule has 7 nitrogen and oxygen atoms in total. The average molecular weight is 535 g/mol. The van der Waals surface area contributed by atoms with Crippen LogP contribution in [-0.4, -0.2) is 56.6 Å². The molecule has 2 amide bonds. The van der Waals surface area contributed by atoms with Crippen molar-refractivity contribution in [3.8, 4) is 5.75 Å². The fourth-order valence-electron chi connectivity index (χ4n) is 5.12. The Hall–Kier alpha value is -3.98. The Kier molecular flexibility index (Phi) is 7.79. The van der Waals surface area contributed by atoms with Crippen LogP contribution in [0.25, 0.3) is 0 Å². The van der Waals surface area contributed by atoms with Crippen LogP contribution in [0.2, 0.25) is 0 Å². The maximum atomic E-state index is 13.0. The van der Waals surface area contributed by atoms with Crippen LogP contribution in [0.1, 0.15) is 45.5 Å². The minimum absolute atomic E-state index is 0.0617. The lowest BCUT2D eigenvalue weighted by molar-refractivity contribution is -0.0502. The Morgan fingerprint density at radius 1 is 0.872 bits per heavy atom. The number of likely N-dealkylation sites (N-methyl/N-ethyl adjacent to an activating group) is 1. The van der Waals surface area contributed by atoms with Crippen LogP contribution >= 0.6 is 0 Å². The number of hydrogen-bond donors (Lipinski definition) is 2. The molecule has 39 heavy (non-hydrogen) atoms. The van der Waals surface area contributed by atoms with E-state index in [0.29, 0.717) is 11.3 Å². The number of halogens is 2. The Morgan fingerprint density at radius 2 is 1.54 bits per heavy atom. The van der Waals surface area contributed by atoms with E-state index in [0.717, 1.165) is 56.7 Å². The topological polar surface area (TPSA) is 73.9 Å². The molecule has 0 spiro atoms. The van der Waals surface area contributed by atoms with Crippen molar-refractivity contribution >= 4 is 23.2 Å². The summed E-state index contributed by atoms with van der Waals surface area (Å²) in [6.45, 7) is 0.945. The van der Waals surface area contributed by atoms with Gasteiger partial charge >= 0.3 is 6.61 Å². The first-order valence-electron chi connectivity index (χ1n) is 13.1. The van der Waals surface area contributed by atoms with Gasteiger partial charge in [0.1, 0.15) is 5.75 Å². The number of anilines is 2. The number of alkyl halides is 2. The summed E-state index contributed by atoms with van der Waals surface area (Å²) in [4.78, 5) is 30.5. The average Bonchev–Trinajstić information content (AvgIpc) is 2.92. The van der Waals surface area contributed by atoms with E-state index >= 15 is 0 Å². The number of carbonyl (C=O) groups excluding carboxylic acids is 2. The Morgan fingerprint density at radius 3 is 2.15 bits per heavy atom. The normalized spacial score (nSPS) is 16.9. The number of ether oxygens (including phenoxy) is 1. The highest BCUT2D eigenvalue weighted by atomic mass is 19.3. The number of piperazine rings is 1. The van der Waals surface area contributed by atoms with Crippen LogP contribution in [0.15, 0.2) is 72.8 Å². The van der Waals surface area contributed by atoms with E-state index in [4.69, 9.17) is 0 Å². The Balaban J connectivity index is 1.23. The Labute approximate surface area is 226 Å². The molecule has 3 aromatic carbocycles. The molecule has 204 valence electrons. The number of amides is 2. The number of carbonyl (C=O) groups is 2. The fourth-order valence-corrected chi connectivity index (χ4v) is 5.12. The van der Waals surface area contributed by atoms with E-state index in [2.05, 4.69) is 32.2 Å². The molecule has 5 rings (SSSR count). The van der Waals surface area contributed by atoms with Crippen molar-refractivity contribution in [1.29, 1.82) is 0 Å². The first-order valence-corrected chi connectivity index (χ1v) is 13.1. The summed E-state index contributed by atoms with van der Waals surface area (Å²) < 4.78 is 30.1. The molecule has 1 saturated heterocycles. The predicted molar refractivity (Wildman–Crippen MR) is 147 cm³/mol. The number of para-hydroxylation sites is 1. The van der Waals surface area contributed by atoms with Gasteiger partial charge in [0, 0.05) is 43.1 Å². The highest BCUT2D eigenvalue weighted by molar-refractivity contribution is 6.04. The summed E-state index contributed by atoms with van der Waals surface area (Å²) in [7, 11) is 2.12. The van der Waals surface area contributed by atoms with Gasteiger partial charge in [0.2, 0.25) is 0 Å². The molecule has 0 radical (unpaired) electrons. The van der Waals surface area contributed by atoms with Crippen molar-refractivity contribution < 1.29 is 23.1 Å². The second kappa shape index (κ2) is 11.4. The van der Waals surface area contributed by atoms with E-state index in [1.165, 1.54) is 12.1 Å². The minimum atomic E-state index is -3.02. The third kappa shape index (κ3) is 6.04. The quantitative estimate of drug-likeness (QED) is 0.421. The molecule has 3 aromatic rings. The van der Waals surface area contributed by atoms with Crippen molar-refractivity contribution in [1.82, 2.24) is 10.2 Å². The summed E-state index contributed by atoms with van der Waals surface area (Å²) in [5, 5.41) is 5.97. The zero-order chi connectivity index (χ0) is 27.4. The van der Waals surface area contributed by atoms with Gasteiger partial charge in [0.05, 0.1) is 11.1 Å². The molecule has 1 heterocycles. The molecule has 0 aromatic heterocycles. The van der Waals surface area contributed by atoms with E-state index < -0.39 is 18.1 Å². The molecule has 2 aliphatic rings. The molecule has 9 heteroatoms. The maximum absolute atomic E-state index is 13.0. The molecule has 0 atom stereocenters. The zero-order valence-electron chi connectivity index (χ0n) is 21.8. The first-order chi connectivity index (χ1) is 18.8. The molecule has 1 aliphatic carbocycles. The van der Waals surface area contributed by atoms with E-state index in [9.17, 15) is 18.4 Å². The molecule has 1 saturated carbocycles. The van der Waals surface area contributed by atoms with E-state index in [1.807, 2.05) is 48.5 Å². The lowest BCUT2D eigenvalue weighted by atomic mass is 9.71.